The Morgan fingerprint density at radius 1 is 1.14 bits per heavy atom. The van der Waals surface area contributed by atoms with Crippen molar-refractivity contribution in [2.45, 2.75) is 50.5 Å². The second kappa shape index (κ2) is 13.4. The minimum absolute atomic E-state index is 0.00153. The number of thioether (sulfide) groups is 1. The molecule has 1 amide bonds. The fourth-order valence-corrected chi connectivity index (χ4v) is 4.95. The number of nitrogens with one attached hydrogen (secondary N) is 1. The summed E-state index contributed by atoms with van der Waals surface area (Å²) in [5.41, 5.74) is 1.44. The number of carbonyl (C=O) groups is 3. The van der Waals surface area contributed by atoms with Crippen molar-refractivity contribution in [2.75, 3.05) is 18.6 Å². The summed E-state index contributed by atoms with van der Waals surface area (Å²) in [6.07, 6.45) is 8.20. The zero-order valence-electron chi connectivity index (χ0n) is 20.0. The Morgan fingerprint density at radius 3 is 2.44 bits per heavy atom. The number of ether oxygens (including phenoxy) is 1. The molecule has 2 aromatic carbocycles. The van der Waals surface area contributed by atoms with Crippen molar-refractivity contribution in [1.29, 1.82) is 0 Å². The molecule has 1 atom stereocenters. The molecular weight excluding hydrogens is 504 g/mol. The van der Waals surface area contributed by atoms with E-state index in [1.54, 1.807) is 12.1 Å². The Balaban J connectivity index is 1.59. The molecule has 0 spiro atoms. The van der Waals surface area contributed by atoms with Crippen LogP contribution in [0.25, 0.3) is 0 Å². The van der Waals surface area contributed by atoms with Gasteiger partial charge >= 0.3 is 5.97 Å². The molecule has 1 N–H and O–H groups in total. The molecule has 1 fully saturated rings. The molecule has 10 heteroatoms. The average Bonchev–Trinajstić information content (AvgIpc) is 2.89. The van der Waals surface area contributed by atoms with Gasteiger partial charge in [0.15, 0.2) is 12.4 Å². The van der Waals surface area contributed by atoms with E-state index < -0.39 is 29.4 Å². The van der Waals surface area contributed by atoms with Gasteiger partial charge in [0, 0.05) is 17.7 Å². The second-order valence-electron chi connectivity index (χ2n) is 8.72. The van der Waals surface area contributed by atoms with Crippen LogP contribution in [0.15, 0.2) is 42.5 Å². The fraction of sp³-hybridized carbons (Fsp3) is 0.423. The van der Waals surface area contributed by atoms with E-state index in [1.165, 1.54) is 55.5 Å². The van der Waals surface area contributed by atoms with Gasteiger partial charge in [-0.25, -0.2) is 4.79 Å². The molecule has 8 nitrogen and oxygen atoms in total. The number of halogens is 1. The van der Waals surface area contributed by atoms with E-state index in [9.17, 15) is 24.5 Å². The number of ketones is 1. The van der Waals surface area contributed by atoms with E-state index in [0.717, 1.165) is 12.1 Å². The number of rotatable bonds is 11. The highest BCUT2D eigenvalue weighted by molar-refractivity contribution is 7.98. The third-order valence-electron chi connectivity index (χ3n) is 6.26. The van der Waals surface area contributed by atoms with E-state index in [0.29, 0.717) is 17.2 Å². The van der Waals surface area contributed by atoms with Crippen LogP contribution in [0.1, 0.15) is 70.7 Å². The standard InChI is InChI=1S/C26H29ClN2O6S/c1-36-14-13-23(28-25(31)21-12-11-20(29(33)34)15-22(21)27)26(32)35-16-24(30)19-9-7-18(8-10-19)17-5-3-2-4-6-17/h7-12,15,17,23H,2-6,13-14,16H2,1H3,(H,28,31). The summed E-state index contributed by atoms with van der Waals surface area (Å²) in [4.78, 5) is 48.3. The van der Waals surface area contributed by atoms with E-state index in [1.807, 2.05) is 18.4 Å². The van der Waals surface area contributed by atoms with Crippen LogP contribution in [0, 0.1) is 10.1 Å². The summed E-state index contributed by atoms with van der Waals surface area (Å²) >= 11 is 7.52. The number of amides is 1. The van der Waals surface area contributed by atoms with Crippen LogP contribution in [0.4, 0.5) is 5.69 Å². The first kappa shape index (κ1) is 27.7. The quantitative estimate of drug-likeness (QED) is 0.174. The van der Waals surface area contributed by atoms with Crippen LogP contribution in [0.2, 0.25) is 5.02 Å². The smallest absolute Gasteiger partial charge is 0.329 e. The molecular formula is C26H29ClN2O6S. The highest BCUT2D eigenvalue weighted by Gasteiger charge is 2.25. The second-order valence-corrected chi connectivity index (χ2v) is 10.1. The van der Waals surface area contributed by atoms with Gasteiger partial charge in [0.05, 0.1) is 15.5 Å². The maximum atomic E-state index is 12.7. The van der Waals surface area contributed by atoms with Gasteiger partial charge in [-0.2, -0.15) is 11.8 Å². The SMILES string of the molecule is CSCCC(NC(=O)c1ccc([N+](=O)[O-])cc1Cl)C(=O)OCC(=O)c1ccc(C2CCCCC2)cc1. The topological polar surface area (TPSA) is 116 Å². The van der Waals surface area contributed by atoms with Crippen molar-refractivity contribution in [3.63, 3.8) is 0 Å². The van der Waals surface area contributed by atoms with E-state index in [-0.39, 0.29) is 28.5 Å². The highest BCUT2D eigenvalue weighted by Crippen LogP contribution is 2.32. The van der Waals surface area contributed by atoms with Crippen LogP contribution in [0.3, 0.4) is 0 Å². The zero-order valence-corrected chi connectivity index (χ0v) is 21.6. The zero-order chi connectivity index (χ0) is 26.1. The molecule has 2 aromatic rings. The van der Waals surface area contributed by atoms with Gasteiger partial charge in [0.25, 0.3) is 11.6 Å². The number of non-ortho nitro benzene ring substituents is 1. The van der Waals surface area contributed by atoms with Crippen molar-refractivity contribution in [1.82, 2.24) is 5.32 Å². The van der Waals surface area contributed by atoms with Crippen LogP contribution < -0.4 is 5.32 Å². The van der Waals surface area contributed by atoms with E-state index >= 15 is 0 Å². The number of benzene rings is 2. The molecule has 0 aromatic heterocycles. The molecule has 0 aliphatic heterocycles. The van der Waals surface area contributed by atoms with Gasteiger partial charge in [-0.05, 0) is 48.8 Å². The molecule has 36 heavy (non-hydrogen) atoms. The Bertz CT molecular complexity index is 1100. The Labute approximate surface area is 219 Å². The van der Waals surface area contributed by atoms with Gasteiger partial charge in [-0.1, -0.05) is 55.1 Å². The highest BCUT2D eigenvalue weighted by atomic mass is 35.5. The minimum atomic E-state index is -1.00. The summed E-state index contributed by atoms with van der Waals surface area (Å²) in [5.74, 6) is -0.632. The maximum absolute atomic E-state index is 12.7. The van der Waals surface area contributed by atoms with Crippen LogP contribution in [0.5, 0.6) is 0 Å². The van der Waals surface area contributed by atoms with Crippen molar-refractivity contribution >= 4 is 46.7 Å². The third-order valence-corrected chi connectivity index (χ3v) is 7.22. The predicted octanol–water partition coefficient (Wildman–Crippen LogP) is 5.57. The average molecular weight is 533 g/mol. The summed E-state index contributed by atoms with van der Waals surface area (Å²) in [6.45, 7) is -0.439. The lowest BCUT2D eigenvalue weighted by molar-refractivity contribution is -0.384. The number of hydrogen-bond acceptors (Lipinski definition) is 7. The molecule has 3 rings (SSSR count). The lowest BCUT2D eigenvalue weighted by atomic mass is 9.84. The van der Waals surface area contributed by atoms with Crippen molar-refractivity contribution in [2.24, 2.45) is 0 Å². The molecule has 0 bridgehead atoms. The lowest BCUT2D eigenvalue weighted by Gasteiger charge is -2.22. The van der Waals surface area contributed by atoms with E-state index in [4.69, 9.17) is 16.3 Å². The van der Waals surface area contributed by atoms with Crippen LogP contribution >= 0.6 is 23.4 Å². The lowest BCUT2D eigenvalue weighted by Crippen LogP contribution is -2.42. The number of nitro groups is 1. The first-order chi connectivity index (χ1) is 17.3. The monoisotopic (exact) mass is 532 g/mol. The number of nitro benzene ring substituents is 1. The molecule has 1 saturated carbocycles. The van der Waals surface area contributed by atoms with Gasteiger partial charge in [-0.15, -0.1) is 0 Å². The first-order valence-corrected chi connectivity index (χ1v) is 13.6. The van der Waals surface area contributed by atoms with Crippen molar-refractivity contribution in [3.8, 4) is 0 Å². The summed E-state index contributed by atoms with van der Waals surface area (Å²) in [7, 11) is 0. The molecule has 0 heterocycles. The fourth-order valence-electron chi connectivity index (χ4n) is 4.22. The molecule has 1 aliphatic carbocycles. The minimum Gasteiger partial charge on any atom is -0.456 e. The molecule has 1 aliphatic rings. The first-order valence-electron chi connectivity index (χ1n) is 11.8. The number of esters is 1. The van der Waals surface area contributed by atoms with Crippen LogP contribution in [-0.4, -0.2) is 47.2 Å². The number of carbonyl (C=O) groups excluding carboxylic acids is 3. The van der Waals surface area contributed by atoms with Gasteiger partial charge in [-0.3, -0.25) is 19.7 Å². The number of hydrogen-bond donors (Lipinski definition) is 1. The number of nitrogens with zero attached hydrogens (tertiary/aromatic N) is 1. The predicted molar refractivity (Wildman–Crippen MR) is 140 cm³/mol. The molecule has 192 valence electrons. The molecule has 0 saturated heterocycles. The Hall–Kier alpha value is -2.91. The third kappa shape index (κ3) is 7.54. The molecule has 1 unspecified atom stereocenters. The largest absolute Gasteiger partial charge is 0.456 e. The van der Waals surface area contributed by atoms with Gasteiger partial charge in [0.2, 0.25) is 0 Å². The summed E-state index contributed by atoms with van der Waals surface area (Å²) in [5, 5.41) is 13.4. The van der Waals surface area contributed by atoms with Gasteiger partial charge < -0.3 is 10.1 Å². The molecule has 0 radical (unpaired) electrons. The van der Waals surface area contributed by atoms with E-state index in [2.05, 4.69) is 5.32 Å². The number of Topliss-reactive ketones (excluding diaryl/α,β-unsaturated/α-hetero) is 1. The maximum Gasteiger partial charge on any atom is 0.329 e. The summed E-state index contributed by atoms with van der Waals surface area (Å²) < 4.78 is 5.25. The van der Waals surface area contributed by atoms with Gasteiger partial charge in [0.1, 0.15) is 6.04 Å². The summed E-state index contributed by atoms with van der Waals surface area (Å²) in [6, 6.07) is 9.94. The Kier molecular flexibility index (Phi) is 10.3. The Morgan fingerprint density at radius 2 is 1.83 bits per heavy atom. The van der Waals surface area contributed by atoms with Crippen molar-refractivity contribution < 1.29 is 24.0 Å². The van der Waals surface area contributed by atoms with Crippen molar-refractivity contribution in [3.05, 3.63) is 74.3 Å². The van der Waals surface area contributed by atoms with Crippen LogP contribution in [-0.2, 0) is 9.53 Å². The normalized spacial score (nSPS) is 14.6.